The van der Waals surface area contributed by atoms with Crippen molar-refractivity contribution in [3.63, 3.8) is 0 Å². The average Bonchev–Trinajstić information content (AvgIpc) is 2.47. The lowest BCUT2D eigenvalue weighted by atomic mass is 10.1. The summed E-state index contributed by atoms with van der Waals surface area (Å²) in [6.07, 6.45) is 0.555. The second kappa shape index (κ2) is 5.48. The van der Waals surface area contributed by atoms with Crippen molar-refractivity contribution in [2.45, 2.75) is 13.5 Å². The molecule has 0 saturated heterocycles. The number of rotatable bonds is 4. The van der Waals surface area contributed by atoms with Gasteiger partial charge in [-0.1, -0.05) is 12.1 Å². The minimum atomic E-state index is -0.371. The van der Waals surface area contributed by atoms with Gasteiger partial charge in [0.1, 0.15) is 5.75 Å². The molecule has 0 unspecified atom stereocenters. The van der Waals surface area contributed by atoms with Crippen LogP contribution in [0.15, 0.2) is 35.1 Å². The van der Waals surface area contributed by atoms with Gasteiger partial charge in [-0.15, -0.1) is 0 Å². The van der Waals surface area contributed by atoms with Gasteiger partial charge in [-0.3, -0.25) is 9.59 Å². The molecule has 0 aliphatic carbocycles. The third kappa shape index (κ3) is 2.54. The lowest BCUT2D eigenvalue weighted by molar-refractivity contribution is 0.112. The van der Waals surface area contributed by atoms with Gasteiger partial charge in [0.25, 0.3) is 5.56 Å². The molecule has 19 heavy (non-hydrogen) atoms. The normalized spacial score (nSPS) is 10.2. The van der Waals surface area contributed by atoms with E-state index in [2.05, 4.69) is 5.10 Å². The van der Waals surface area contributed by atoms with Crippen molar-refractivity contribution in [1.82, 2.24) is 9.78 Å². The third-order valence-electron chi connectivity index (χ3n) is 2.79. The van der Waals surface area contributed by atoms with E-state index in [0.29, 0.717) is 24.3 Å². The molecule has 0 aliphatic heterocycles. The van der Waals surface area contributed by atoms with Gasteiger partial charge in [-0.25, -0.2) is 4.68 Å². The quantitative estimate of drug-likeness (QED) is 0.784. The first-order valence-corrected chi connectivity index (χ1v) is 5.91. The van der Waals surface area contributed by atoms with E-state index < -0.39 is 0 Å². The van der Waals surface area contributed by atoms with Gasteiger partial charge in [0.05, 0.1) is 18.4 Å². The van der Waals surface area contributed by atoms with Crippen LogP contribution in [0.3, 0.4) is 0 Å². The topological polar surface area (TPSA) is 61.2 Å². The van der Waals surface area contributed by atoms with Gasteiger partial charge >= 0.3 is 0 Å². The SMILES string of the molecule is CCn1nc(-c2cccc(OC)c2)cc(C=O)c1=O. The summed E-state index contributed by atoms with van der Waals surface area (Å²) in [5, 5.41) is 4.23. The van der Waals surface area contributed by atoms with E-state index in [1.807, 2.05) is 18.2 Å². The van der Waals surface area contributed by atoms with Gasteiger partial charge < -0.3 is 4.74 Å². The summed E-state index contributed by atoms with van der Waals surface area (Å²) in [7, 11) is 1.58. The molecule has 0 atom stereocenters. The zero-order valence-electron chi connectivity index (χ0n) is 10.8. The summed E-state index contributed by atoms with van der Waals surface area (Å²) >= 11 is 0. The number of aldehydes is 1. The maximum atomic E-state index is 11.8. The van der Waals surface area contributed by atoms with E-state index in [-0.39, 0.29) is 11.1 Å². The Kier molecular flexibility index (Phi) is 3.75. The molecule has 98 valence electrons. The summed E-state index contributed by atoms with van der Waals surface area (Å²) in [5.74, 6) is 0.696. The lowest BCUT2D eigenvalue weighted by Crippen LogP contribution is -2.25. The van der Waals surface area contributed by atoms with Crippen LogP contribution in [0.5, 0.6) is 5.75 Å². The van der Waals surface area contributed by atoms with Crippen molar-refractivity contribution in [3.8, 4) is 17.0 Å². The van der Waals surface area contributed by atoms with Crippen LogP contribution in [-0.2, 0) is 6.54 Å². The molecule has 0 spiro atoms. The first kappa shape index (κ1) is 13.0. The minimum Gasteiger partial charge on any atom is -0.497 e. The van der Waals surface area contributed by atoms with Crippen LogP contribution in [0.4, 0.5) is 0 Å². The van der Waals surface area contributed by atoms with E-state index in [0.717, 1.165) is 5.56 Å². The molecule has 0 saturated carbocycles. The second-order valence-electron chi connectivity index (χ2n) is 3.96. The van der Waals surface area contributed by atoms with Crippen molar-refractivity contribution >= 4 is 6.29 Å². The predicted octanol–water partition coefficient (Wildman–Crippen LogP) is 1.75. The summed E-state index contributed by atoms with van der Waals surface area (Å²) in [6.45, 7) is 2.22. The summed E-state index contributed by atoms with van der Waals surface area (Å²) < 4.78 is 6.42. The Bertz CT molecular complexity index is 662. The van der Waals surface area contributed by atoms with E-state index >= 15 is 0 Å². The zero-order chi connectivity index (χ0) is 13.8. The summed E-state index contributed by atoms with van der Waals surface area (Å²) in [4.78, 5) is 22.7. The van der Waals surface area contributed by atoms with Crippen molar-refractivity contribution in [3.05, 3.63) is 46.2 Å². The lowest BCUT2D eigenvalue weighted by Gasteiger charge is -2.07. The molecular formula is C14H14N2O3. The molecule has 0 bridgehead atoms. The van der Waals surface area contributed by atoms with Crippen LogP contribution in [0, 0.1) is 0 Å². The number of methoxy groups -OCH3 is 1. The van der Waals surface area contributed by atoms with Crippen LogP contribution >= 0.6 is 0 Å². The molecule has 2 aromatic rings. The average molecular weight is 258 g/mol. The Morgan fingerprint density at radius 2 is 2.16 bits per heavy atom. The number of hydrogen-bond acceptors (Lipinski definition) is 4. The van der Waals surface area contributed by atoms with Crippen LogP contribution in [-0.4, -0.2) is 23.2 Å². The Labute approximate surface area is 110 Å². The molecule has 1 aromatic heterocycles. The molecule has 0 fully saturated rings. The molecule has 2 rings (SSSR count). The third-order valence-corrected chi connectivity index (χ3v) is 2.79. The first-order chi connectivity index (χ1) is 9.19. The monoisotopic (exact) mass is 258 g/mol. The fourth-order valence-corrected chi connectivity index (χ4v) is 1.78. The molecule has 1 heterocycles. The maximum absolute atomic E-state index is 11.8. The number of benzene rings is 1. The molecule has 0 aliphatic rings. The highest BCUT2D eigenvalue weighted by Gasteiger charge is 2.09. The Hall–Kier alpha value is -2.43. The highest BCUT2D eigenvalue weighted by Crippen LogP contribution is 2.21. The van der Waals surface area contributed by atoms with Crippen LogP contribution in [0.2, 0.25) is 0 Å². The highest BCUT2D eigenvalue weighted by atomic mass is 16.5. The number of hydrogen-bond donors (Lipinski definition) is 0. The molecular weight excluding hydrogens is 244 g/mol. The molecule has 1 aromatic carbocycles. The highest BCUT2D eigenvalue weighted by molar-refractivity contribution is 5.77. The van der Waals surface area contributed by atoms with Crippen molar-refractivity contribution in [2.24, 2.45) is 0 Å². The number of carbonyl (C=O) groups is 1. The van der Waals surface area contributed by atoms with Crippen LogP contribution < -0.4 is 10.3 Å². The van der Waals surface area contributed by atoms with Crippen molar-refractivity contribution in [2.75, 3.05) is 7.11 Å². The van der Waals surface area contributed by atoms with Crippen molar-refractivity contribution in [1.29, 1.82) is 0 Å². The standard InChI is InChI=1S/C14H14N2O3/c1-3-16-14(18)11(9-17)8-13(15-16)10-5-4-6-12(7-10)19-2/h4-9H,3H2,1-2H3. The fraction of sp³-hybridized carbons (Fsp3) is 0.214. The van der Waals surface area contributed by atoms with Gasteiger partial charge in [-0.05, 0) is 25.1 Å². The van der Waals surface area contributed by atoms with E-state index in [9.17, 15) is 9.59 Å². The molecule has 0 N–H and O–H groups in total. The molecule has 0 radical (unpaired) electrons. The Morgan fingerprint density at radius 1 is 1.37 bits per heavy atom. The molecule has 5 nitrogen and oxygen atoms in total. The number of ether oxygens (including phenoxy) is 1. The number of aryl methyl sites for hydroxylation is 1. The van der Waals surface area contributed by atoms with Gasteiger partial charge in [0, 0.05) is 12.1 Å². The maximum Gasteiger partial charge on any atom is 0.277 e. The van der Waals surface area contributed by atoms with E-state index in [4.69, 9.17) is 4.74 Å². The van der Waals surface area contributed by atoms with Crippen LogP contribution in [0.25, 0.3) is 11.3 Å². The van der Waals surface area contributed by atoms with Crippen molar-refractivity contribution < 1.29 is 9.53 Å². The predicted molar refractivity (Wildman–Crippen MR) is 71.5 cm³/mol. The fourth-order valence-electron chi connectivity index (χ4n) is 1.78. The smallest absolute Gasteiger partial charge is 0.277 e. The van der Waals surface area contributed by atoms with Crippen LogP contribution in [0.1, 0.15) is 17.3 Å². The Morgan fingerprint density at radius 3 is 2.79 bits per heavy atom. The second-order valence-corrected chi connectivity index (χ2v) is 3.96. The van der Waals surface area contributed by atoms with Gasteiger partial charge in [-0.2, -0.15) is 5.10 Å². The Balaban J connectivity index is 2.61. The van der Waals surface area contributed by atoms with E-state index in [1.165, 1.54) is 10.7 Å². The van der Waals surface area contributed by atoms with Gasteiger partial charge in [0.2, 0.25) is 0 Å². The first-order valence-electron chi connectivity index (χ1n) is 5.91. The zero-order valence-corrected chi connectivity index (χ0v) is 10.8. The summed E-state index contributed by atoms with van der Waals surface area (Å²) in [6, 6.07) is 8.80. The van der Waals surface area contributed by atoms with E-state index in [1.54, 1.807) is 20.1 Å². The summed E-state index contributed by atoms with van der Waals surface area (Å²) in [5.41, 5.74) is 1.10. The number of aromatic nitrogens is 2. The number of carbonyl (C=O) groups excluding carboxylic acids is 1. The number of nitrogens with zero attached hydrogens (tertiary/aromatic N) is 2. The largest absolute Gasteiger partial charge is 0.497 e. The van der Waals surface area contributed by atoms with Gasteiger partial charge in [0.15, 0.2) is 6.29 Å². The minimum absolute atomic E-state index is 0.106. The molecule has 0 amide bonds. The molecule has 5 heteroatoms.